The van der Waals surface area contributed by atoms with Gasteiger partial charge in [0.15, 0.2) is 0 Å². The Morgan fingerprint density at radius 3 is 2.75 bits per heavy atom. The maximum absolute atomic E-state index is 10.9. The van der Waals surface area contributed by atoms with Gasteiger partial charge >= 0.3 is 0 Å². The van der Waals surface area contributed by atoms with Crippen molar-refractivity contribution < 1.29 is 4.92 Å². The van der Waals surface area contributed by atoms with Gasteiger partial charge in [-0.2, -0.15) is 0 Å². The summed E-state index contributed by atoms with van der Waals surface area (Å²) < 4.78 is 0. The maximum atomic E-state index is 10.9. The molecule has 0 radical (unpaired) electrons. The van der Waals surface area contributed by atoms with E-state index in [0.717, 1.165) is 5.56 Å². The zero-order valence-electron chi connectivity index (χ0n) is 11.4. The van der Waals surface area contributed by atoms with E-state index in [2.05, 4.69) is 17.9 Å². The lowest BCUT2D eigenvalue weighted by atomic mass is 10.1. The van der Waals surface area contributed by atoms with E-state index in [1.807, 2.05) is 24.6 Å². The highest BCUT2D eigenvalue weighted by molar-refractivity contribution is 7.10. The number of hydrogen-bond donors (Lipinski definition) is 1. The van der Waals surface area contributed by atoms with Crippen molar-refractivity contribution in [3.05, 3.63) is 56.3 Å². The molecule has 1 aromatic carbocycles. The van der Waals surface area contributed by atoms with Crippen LogP contribution < -0.4 is 5.73 Å². The highest BCUT2D eigenvalue weighted by Gasteiger charge is 2.18. The molecule has 0 aliphatic carbocycles. The molecule has 5 nitrogen and oxygen atoms in total. The SMILES string of the molecule is CC(c1cccs1)N(C)Cc1cccc([N+](=O)[O-])c1N. The van der Waals surface area contributed by atoms with Crippen LogP contribution in [0.15, 0.2) is 35.7 Å². The third-order valence-electron chi connectivity index (χ3n) is 3.41. The van der Waals surface area contributed by atoms with Crippen LogP contribution in [0.3, 0.4) is 0 Å². The number of rotatable bonds is 5. The molecule has 0 saturated carbocycles. The number of nitrogens with zero attached hydrogens (tertiary/aromatic N) is 2. The number of nitro groups is 1. The van der Waals surface area contributed by atoms with E-state index in [-0.39, 0.29) is 17.4 Å². The summed E-state index contributed by atoms with van der Waals surface area (Å²) in [5, 5.41) is 12.9. The normalized spacial score (nSPS) is 12.6. The van der Waals surface area contributed by atoms with E-state index < -0.39 is 4.92 Å². The summed E-state index contributed by atoms with van der Waals surface area (Å²) in [7, 11) is 1.99. The summed E-state index contributed by atoms with van der Waals surface area (Å²) in [4.78, 5) is 13.8. The van der Waals surface area contributed by atoms with E-state index in [1.54, 1.807) is 17.4 Å². The fourth-order valence-corrected chi connectivity index (χ4v) is 2.90. The standard InChI is InChI=1S/C14H17N3O2S/c1-10(13-7-4-8-20-13)16(2)9-11-5-3-6-12(14(11)15)17(18)19/h3-8,10H,9,15H2,1-2H3. The third-order valence-corrected chi connectivity index (χ3v) is 4.45. The Morgan fingerprint density at radius 1 is 1.40 bits per heavy atom. The number of nitrogens with two attached hydrogens (primary N) is 1. The Labute approximate surface area is 121 Å². The molecule has 6 heteroatoms. The number of nitrogen functional groups attached to an aromatic ring is 1. The highest BCUT2D eigenvalue weighted by Crippen LogP contribution is 2.29. The van der Waals surface area contributed by atoms with Crippen molar-refractivity contribution in [2.45, 2.75) is 19.5 Å². The molecule has 2 N–H and O–H groups in total. The van der Waals surface area contributed by atoms with Crippen molar-refractivity contribution in [1.29, 1.82) is 0 Å². The lowest BCUT2D eigenvalue weighted by molar-refractivity contribution is -0.384. The van der Waals surface area contributed by atoms with Crippen LogP contribution in [0.5, 0.6) is 0 Å². The van der Waals surface area contributed by atoms with Crippen molar-refractivity contribution >= 4 is 22.7 Å². The van der Waals surface area contributed by atoms with E-state index in [0.29, 0.717) is 6.54 Å². The minimum atomic E-state index is -0.443. The molecule has 0 spiro atoms. The predicted molar refractivity (Wildman–Crippen MR) is 81.7 cm³/mol. The van der Waals surface area contributed by atoms with Gasteiger partial charge in [-0.3, -0.25) is 15.0 Å². The summed E-state index contributed by atoms with van der Waals surface area (Å²) in [6.45, 7) is 2.69. The number of benzene rings is 1. The number of nitro benzene ring substituents is 1. The molecule has 0 bridgehead atoms. The van der Waals surface area contributed by atoms with Gasteiger partial charge in [0.2, 0.25) is 0 Å². The van der Waals surface area contributed by atoms with Gasteiger partial charge in [-0.25, -0.2) is 0 Å². The Kier molecular flexibility index (Phi) is 4.36. The van der Waals surface area contributed by atoms with E-state index in [1.165, 1.54) is 10.9 Å². The van der Waals surface area contributed by atoms with Crippen LogP contribution in [0.2, 0.25) is 0 Å². The number of hydrogen-bond acceptors (Lipinski definition) is 5. The van der Waals surface area contributed by atoms with Gasteiger partial charge in [0.1, 0.15) is 5.69 Å². The summed E-state index contributed by atoms with van der Waals surface area (Å²) >= 11 is 1.70. The largest absolute Gasteiger partial charge is 0.393 e. The second-order valence-corrected chi connectivity index (χ2v) is 5.69. The summed E-state index contributed by atoms with van der Waals surface area (Å²) in [5.74, 6) is 0. The first-order valence-corrected chi connectivity index (χ1v) is 7.14. The Balaban J connectivity index is 2.18. The zero-order valence-corrected chi connectivity index (χ0v) is 12.3. The molecular formula is C14H17N3O2S. The molecule has 0 aliphatic heterocycles. The quantitative estimate of drug-likeness (QED) is 0.520. The lowest BCUT2D eigenvalue weighted by Gasteiger charge is -2.24. The molecule has 1 unspecified atom stereocenters. The van der Waals surface area contributed by atoms with Crippen LogP contribution >= 0.6 is 11.3 Å². The molecule has 106 valence electrons. The Hall–Kier alpha value is -1.92. The van der Waals surface area contributed by atoms with Crippen LogP contribution in [0.1, 0.15) is 23.4 Å². The maximum Gasteiger partial charge on any atom is 0.292 e. The van der Waals surface area contributed by atoms with Gasteiger partial charge in [-0.05, 0) is 31.0 Å². The molecule has 2 rings (SSSR count). The van der Waals surface area contributed by atoms with Gasteiger partial charge in [0.05, 0.1) is 4.92 Å². The molecule has 1 aromatic heterocycles. The predicted octanol–water partition coefficient (Wildman–Crippen LogP) is 3.43. The number of anilines is 1. The van der Waals surface area contributed by atoms with E-state index in [9.17, 15) is 10.1 Å². The first kappa shape index (κ1) is 14.5. The Morgan fingerprint density at radius 2 is 2.15 bits per heavy atom. The minimum absolute atomic E-state index is 0.0281. The van der Waals surface area contributed by atoms with Crippen molar-refractivity contribution in [3.8, 4) is 0 Å². The average Bonchev–Trinajstić information content (AvgIpc) is 2.93. The van der Waals surface area contributed by atoms with E-state index >= 15 is 0 Å². The van der Waals surface area contributed by atoms with Gasteiger partial charge in [-0.15, -0.1) is 11.3 Å². The van der Waals surface area contributed by atoms with Gasteiger partial charge < -0.3 is 5.73 Å². The second kappa shape index (κ2) is 6.02. The van der Waals surface area contributed by atoms with Gasteiger partial charge in [0.25, 0.3) is 5.69 Å². The zero-order chi connectivity index (χ0) is 14.7. The first-order valence-electron chi connectivity index (χ1n) is 6.26. The van der Waals surface area contributed by atoms with Crippen LogP contribution in [0, 0.1) is 10.1 Å². The van der Waals surface area contributed by atoms with Crippen LogP contribution in [-0.4, -0.2) is 16.9 Å². The summed E-state index contributed by atoms with van der Waals surface area (Å²) in [6.07, 6.45) is 0. The third kappa shape index (κ3) is 2.97. The van der Waals surface area contributed by atoms with Crippen molar-refractivity contribution in [2.24, 2.45) is 0 Å². The molecular weight excluding hydrogens is 274 g/mol. The Bertz CT molecular complexity index is 598. The lowest BCUT2D eigenvalue weighted by Crippen LogP contribution is -2.22. The van der Waals surface area contributed by atoms with Crippen molar-refractivity contribution in [1.82, 2.24) is 4.90 Å². The molecule has 1 heterocycles. The van der Waals surface area contributed by atoms with Crippen LogP contribution in [0.25, 0.3) is 0 Å². The molecule has 0 fully saturated rings. The summed E-state index contributed by atoms with van der Waals surface area (Å²) in [5.41, 5.74) is 6.89. The average molecular weight is 291 g/mol. The van der Waals surface area contributed by atoms with Crippen molar-refractivity contribution in [3.63, 3.8) is 0 Å². The first-order chi connectivity index (χ1) is 9.50. The fraction of sp³-hybridized carbons (Fsp3) is 0.286. The summed E-state index contributed by atoms with van der Waals surface area (Å²) in [6, 6.07) is 9.29. The van der Waals surface area contributed by atoms with Gasteiger partial charge in [-0.1, -0.05) is 18.2 Å². The molecule has 0 aliphatic rings. The highest BCUT2D eigenvalue weighted by atomic mass is 32.1. The number of thiophene rings is 1. The minimum Gasteiger partial charge on any atom is -0.393 e. The van der Waals surface area contributed by atoms with Crippen LogP contribution in [0.4, 0.5) is 11.4 Å². The monoisotopic (exact) mass is 291 g/mol. The second-order valence-electron chi connectivity index (χ2n) is 4.71. The van der Waals surface area contributed by atoms with Gasteiger partial charge in [0, 0.05) is 23.5 Å². The number of para-hydroxylation sites is 1. The van der Waals surface area contributed by atoms with E-state index in [4.69, 9.17) is 5.73 Å². The molecule has 0 saturated heterocycles. The fourth-order valence-electron chi connectivity index (χ4n) is 2.05. The topological polar surface area (TPSA) is 72.4 Å². The molecule has 20 heavy (non-hydrogen) atoms. The molecule has 2 aromatic rings. The van der Waals surface area contributed by atoms with Crippen LogP contribution in [-0.2, 0) is 6.54 Å². The van der Waals surface area contributed by atoms with Crippen molar-refractivity contribution in [2.75, 3.05) is 12.8 Å². The molecule has 1 atom stereocenters. The smallest absolute Gasteiger partial charge is 0.292 e. The molecule has 0 amide bonds.